The Labute approximate surface area is 100 Å². The monoisotopic (exact) mass is 236 g/mol. The molecule has 2 rings (SSSR count). The number of rotatable bonds is 2. The predicted octanol–water partition coefficient (Wildman–Crippen LogP) is 1.48. The lowest BCUT2D eigenvalue weighted by Gasteiger charge is -2.31. The number of likely N-dealkylation sites (N-methyl/N-ethyl adjacent to an activating group) is 1. The van der Waals surface area contributed by atoms with Gasteiger partial charge in [0.2, 0.25) is 5.91 Å². The molecule has 5 nitrogen and oxygen atoms in total. The van der Waals surface area contributed by atoms with Gasteiger partial charge in [0.05, 0.1) is 25.6 Å². The van der Waals surface area contributed by atoms with Crippen LogP contribution in [0.5, 0.6) is 11.5 Å². The first-order chi connectivity index (χ1) is 8.08. The van der Waals surface area contributed by atoms with Gasteiger partial charge in [-0.25, -0.2) is 0 Å². The maximum atomic E-state index is 11.8. The molecule has 0 spiro atoms. The Morgan fingerprint density at radius 1 is 1.24 bits per heavy atom. The van der Waals surface area contributed by atoms with Crippen LogP contribution >= 0.6 is 0 Å². The number of anilines is 2. The number of carbonyl (C=O) groups excluding carboxylic acids is 1. The molecule has 5 heteroatoms. The number of nitrogens with one attached hydrogen (secondary N) is 1. The fraction of sp³-hybridized carbons (Fsp3) is 0.417. The second-order valence-electron chi connectivity index (χ2n) is 3.99. The Balaban J connectivity index is 2.53. The van der Waals surface area contributed by atoms with Crippen molar-refractivity contribution in [3.63, 3.8) is 0 Å². The number of hydrogen-bond donors (Lipinski definition) is 1. The molecule has 0 radical (unpaired) electrons. The summed E-state index contributed by atoms with van der Waals surface area (Å²) in [5, 5.41) is 3.14. The number of fused-ring (bicyclic) bond motifs is 1. The van der Waals surface area contributed by atoms with Gasteiger partial charge in [0, 0.05) is 19.2 Å². The van der Waals surface area contributed by atoms with Crippen molar-refractivity contribution in [1.29, 1.82) is 0 Å². The summed E-state index contributed by atoms with van der Waals surface area (Å²) in [4.78, 5) is 13.5. The number of amides is 1. The average molecular weight is 236 g/mol. The maximum Gasteiger partial charge on any atom is 0.248 e. The molecule has 1 heterocycles. The molecule has 1 unspecified atom stereocenters. The molecule has 0 saturated heterocycles. The molecule has 1 amide bonds. The van der Waals surface area contributed by atoms with Gasteiger partial charge in [-0.1, -0.05) is 0 Å². The third kappa shape index (κ3) is 1.77. The van der Waals surface area contributed by atoms with Crippen LogP contribution in [0.3, 0.4) is 0 Å². The minimum atomic E-state index is -0.231. The summed E-state index contributed by atoms with van der Waals surface area (Å²) in [7, 11) is 4.92. The van der Waals surface area contributed by atoms with Gasteiger partial charge in [0.1, 0.15) is 6.04 Å². The minimum absolute atomic E-state index is 0.0321. The highest BCUT2D eigenvalue weighted by Gasteiger charge is 2.28. The summed E-state index contributed by atoms with van der Waals surface area (Å²) in [6.07, 6.45) is 0. The number of ether oxygens (including phenoxy) is 2. The summed E-state index contributed by atoms with van der Waals surface area (Å²) >= 11 is 0. The molecule has 0 aromatic heterocycles. The summed E-state index contributed by atoms with van der Waals surface area (Å²) in [5.74, 6) is 1.29. The summed E-state index contributed by atoms with van der Waals surface area (Å²) < 4.78 is 10.5. The van der Waals surface area contributed by atoms with E-state index in [1.807, 2.05) is 13.0 Å². The molecule has 1 aromatic carbocycles. The molecule has 1 N–H and O–H groups in total. The van der Waals surface area contributed by atoms with Crippen LogP contribution in [0.2, 0.25) is 0 Å². The highest BCUT2D eigenvalue weighted by Crippen LogP contribution is 2.40. The Bertz CT molecular complexity index is 459. The molecule has 1 aliphatic heterocycles. The molecular weight excluding hydrogens is 220 g/mol. The van der Waals surface area contributed by atoms with E-state index in [1.54, 1.807) is 32.2 Å². The van der Waals surface area contributed by atoms with Crippen molar-refractivity contribution in [2.75, 3.05) is 31.5 Å². The maximum absolute atomic E-state index is 11.8. The van der Waals surface area contributed by atoms with Gasteiger partial charge in [0.25, 0.3) is 0 Å². The average Bonchev–Trinajstić information content (AvgIpc) is 2.34. The van der Waals surface area contributed by atoms with Gasteiger partial charge in [-0.15, -0.1) is 0 Å². The molecular formula is C12H16N2O3. The number of nitrogens with zero attached hydrogens (tertiary/aromatic N) is 1. The highest BCUT2D eigenvalue weighted by molar-refractivity contribution is 6.04. The molecule has 0 saturated carbocycles. The zero-order valence-electron chi connectivity index (χ0n) is 10.4. The standard InChI is InChI=1S/C12H16N2O3/c1-7-12(15)14(2)9-6-11(17-4)10(16-3)5-8(9)13-7/h5-7,13H,1-4H3. The second kappa shape index (κ2) is 4.16. The molecule has 92 valence electrons. The SMILES string of the molecule is COc1cc2c(cc1OC)N(C)C(=O)C(C)N2. The van der Waals surface area contributed by atoms with Crippen molar-refractivity contribution in [2.45, 2.75) is 13.0 Å². The normalized spacial score (nSPS) is 18.5. The topological polar surface area (TPSA) is 50.8 Å². The zero-order valence-corrected chi connectivity index (χ0v) is 10.4. The van der Waals surface area contributed by atoms with E-state index >= 15 is 0 Å². The number of methoxy groups -OCH3 is 2. The van der Waals surface area contributed by atoms with Crippen molar-refractivity contribution < 1.29 is 14.3 Å². The van der Waals surface area contributed by atoms with Gasteiger partial charge < -0.3 is 19.7 Å². The molecule has 0 aliphatic carbocycles. The van der Waals surface area contributed by atoms with Crippen LogP contribution in [0, 0.1) is 0 Å². The van der Waals surface area contributed by atoms with E-state index in [0.717, 1.165) is 11.4 Å². The summed E-state index contributed by atoms with van der Waals surface area (Å²) in [5.41, 5.74) is 1.67. The largest absolute Gasteiger partial charge is 0.493 e. The highest BCUT2D eigenvalue weighted by atomic mass is 16.5. The second-order valence-corrected chi connectivity index (χ2v) is 3.99. The Morgan fingerprint density at radius 3 is 2.41 bits per heavy atom. The van der Waals surface area contributed by atoms with E-state index in [9.17, 15) is 4.79 Å². The first-order valence-electron chi connectivity index (χ1n) is 5.38. The quantitative estimate of drug-likeness (QED) is 0.845. The molecule has 1 aromatic rings. The fourth-order valence-electron chi connectivity index (χ4n) is 1.97. The van der Waals surface area contributed by atoms with E-state index in [1.165, 1.54) is 0 Å². The first kappa shape index (κ1) is 11.6. The van der Waals surface area contributed by atoms with E-state index in [4.69, 9.17) is 9.47 Å². The van der Waals surface area contributed by atoms with E-state index in [-0.39, 0.29) is 11.9 Å². The van der Waals surface area contributed by atoms with E-state index < -0.39 is 0 Å². The minimum Gasteiger partial charge on any atom is -0.493 e. The van der Waals surface area contributed by atoms with Crippen LogP contribution in [-0.2, 0) is 4.79 Å². The third-order valence-corrected chi connectivity index (χ3v) is 2.94. The molecule has 1 aliphatic rings. The van der Waals surface area contributed by atoms with E-state index in [2.05, 4.69) is 5.32 Å². The van der Waals surface area contributed by atoms with Crippen LogP contribution in [0.15, 0.2) is 12.1 Å². The Kier molecular flexibility index (Phi) is 2.83. The van der Waals surface area contributed by atoms with Crippen molar-refractivity contribution in [2.24, 2.45) is 0 Å². The molecule has 17 heavy (non-hydrogen) atoms. The first-order valence-corrected chi connectivity index (χ1v) is 5.38. The smallest absolute Gasteiger partial charge is 0.248 e. The molecule has 1 atom stereocenters. The van der Waals surface area contributed by atoms with Gasteiger partial charge >= 0.3 is 0 Å². The van der Waals surface area contributed by atoms with Crippen molar-refractivity contribution in [3.8, 4) is 11.5 Å². The van der Waals surface area contributed by atoms with Gasteiger partial charge in [-0.2, -0.15) is 0 Å². The predicted molar refractivity (Wildman–Crippen MR) is 66.0 cm³/mol. The molecule has 0 fully saturated rings. The summed E-state index contributed by atoms with van der Waals surface area (Å²) in [6, 6.07) is 3.41. The Hall–Kier alpha value is -1.91. The van der Waals surface area contributed by atoms with Gasteiger partial charge in [-0.3, -0.25) is 4.79 Å². The zero-order chi connectivity index (χ0) is 12.6. The van der Waals surface area contributed by atoms with Gasteiger partial charge in [-0.05, 0) is 6.92 Å². The Morgan fingerprint density at radius 2 is 1.82 bits per heavy atom. The van der Waals surface area contributed by atoms with Crippen LogP contribution in [0.25, 0.3) is 0 Å². The number of benzene rings is 1. The lowest BCUT2D eigenvalue weighted by molar-refractivity contribution is -0.118. The molecule has 0 bridgehead atoms. The van der Waals surface area contributed by atoms with Crippen molar-refractivity contribution in [1.82, 2.24) is 0 Å². The van der Waals surface area contributed by atoms with Gasteiger partial charge in [0.15, 0.2) is 11.5 Å². The lowest BCUT2D eigenvalue weighted by atomic mass is 10.1. The van der Waals surface area contributed by atoms with Crippen LogP contribution < -0.4 is 19.7 Å². The van der Waals surface area contributed by atoms with Crippen LogP contribution in [-0.4, -0.2) is 33.2 Å². The van der Waals surface area contributed by atoms with Crippen LogP contribution in [0.1, 0.15) is 6.92 Å². The van der Waals surface area contributed by atoms with Crippen molar-refractivity contribution >= 4 is 17.3 Å². The van der Waals surface area contributed by atoms with Crippen LogP contribution in [0.4, 0.5) is 11.4 Å². The summed E-state index contributed by atoms with van der Waals surface area (Å²) in [6.45, 7) is 1.83. The fourth-order valence-corrected chi connectivity index (χ4v) is 1.97. The van der Waals surface area contributed by atoms with Crippen molar-refractivity contribution in [3.05, 3.63) is 12.1 Å². The lowest BCUT2D eigenvalue weighted by Crippen LogP contribution is -2.43. The van der Waals surface area contributed by atoms with E-state index in [0.29, 0.717) is 11.5 Å². The third-order valence-electron chi connectivity index (χ3n) is 2.94. The number of hydrogen-bond acceptors (Lipinski definition) is 4. The number of carbonyl (C=O) groups is 1.